The number of hydrogen-bond donors (Lipinski definition) is 0. The van der Waals surface area contributed by atoms with Gasteiger partial charge in [-0.05, 0) is 118 Å². The molecule has 4 nitrogen and oxygen atoms in total. The van der Waals surface area contributed by atoms with Crippen LogP contribution in [0, 0.1) is 11.3 Å². The molecule has 12 aromatic rings. The Hall–Kier alpha value is -9.56. The average molecular weight is 889 g/mol. The molecule has 324 valence electrons. The molecule has 1 aliphatic rings. The molecule has 4 heteroatoms. The molecule has 1 heterocycles. The van der Waals surface area contributed by atoms with Crippen molar-refractivity contribution in [1.82, 2.24) is 15.0 Å². The van der Waals surface area contributed by atoms with E-state index in [0.717, 1.165) is 66.8 Å². The lowest BCUT2D eigenvalue weighted by Crippen LogP contribution is -2.01. The predicted molar refractivity (Wildman–Crippen MR) is 287 cm³/mol. The van der Waals surface area contributed by atoms with Crippen molar-refractivity contribution in [2.45, 2.75) is 0 Å². The van der Waals surface area contributed by atoms with Crippen LogP contribution < -0.4 is 0 Å². The summed E-state index contributed by atoms with van der Waals surface area (Å²) in [5, 5.41) is 15.7. The molecule has 0 saturated heterocycles. The van der Waals surface area contributed by atoms with Crippen molar-refractivity contribution in [3.63, 3.8) is 0 Å². The van der Waals surface area contributed by atoms with Gasteiger partial charge in [0.15, 0.2) is 17.5 Å². The first kappa shape index (κ1) is 40.7. The average Bonchev–Trinajstić information content (AvgIpc) is 3.77. The Morgan fingerprint density at radius 1 is 0.257 bits per heavy atom. The molecular formula is C66H40N4. The summed E-state index contributed by atoms with van der Waals surface area (Å²) in [6, 6.07) is 87.5. The van der Waals surface area contributed by atoms with E-state index in [1.807, 2.05) is 54.6 Å². The van der Waals surface area contributed by atoms with Gasteiger partial charge in [0.05, 0.1) is 11.6 Å². The Kier molecular flexibility index (Phi) is 9.85. The third kappa shape index (κ3) is 7.04. The van der Waals surface area contributed by atoms with Gasteiger partial charge < -0.3 is 0 Å². The van der Waals surface area contributed by atoms with Crippen molar-refractivity contribution >= 4 is 21.5 Å². The molecule has 0 saturated carbocycles. The van der Waals surface area contributed by atoms with Crippen molar-refractivity contribution in [3.8, 4) is 118 Å². The SMILES string of the molecule is N#Cc1cc(-c2cccc(-c3nc(-c4ccccc4)nc(-c4ccccc4-c4ccc5ccccc5c4)n3)c2)ccc1-c1ccccc1-c1cccc(-c2ccc3c4c(cccc24)-c2ccccc2-3)c1. The Balaban J connectivity index is 0.863. The van der Waals surface area contributed by atoms with Crippen LogP contribution >= 0.6 is 0 Å². The van der Waals surface area contributed by atoms with Crippen molar-refractivity contribution in [1.29, 1.82) is 5.26 Å². The number of nitriles is 1. The summed E-state index contributed by atoms with van der Waals surface area (Å²) in [4.78, 5) is 15.4. The molecule has 13 rings (SSSR count). The first-order valence-electron chi connectivity index (χ1n) is 23.6. The van der Waals surface area contributed by atoms with Gasteiger partial charge in [-0.1, -0.05) is 218 Å². The zero-order valence-corrected chi connectivity index (χ0v) is 37.9. The summed E-state index contributed by atoms with van der Waals surface area (Å²) in [6.45, 7) is 0. The number of benzene rings is 11. The minimum Gasteiger partial charge on any atom is -0.208 e. The maximum absolute atomic E-state index is 10.8. The first-order valence-corrected chi connectivity index (χ1v) is 23.6. The molecule has 0 atom stereocenters. The van der Waals surface area contributed by atoms with E-state index in [1.54, 1.807) is 0 Å². The summed E-state index contributed by atoms with van der Waals surface area (Å²) < 4.78 is 0. The van der Waals surface area contributed by atoms with E-state index in [1.165, 1.54) is 49.4 Å². The highest BCUT2D eigenvalue weighted by Crippen LogP contribution is 2.49. The molecule has 0 spiro atoms. The Morgan fingerprint density at radius 3 is 1.47 bits per heavy atom. The van der Waals surface area contributed by atoms with Gasteiger partial charge in [-0.15, -0.1) is 0 Å². The van der Waals surface area contributed by atoms with Crippen LogP contribution in [0.2, 0.25) is 0 Å². The maximum Gasteiger partial charge on any atom is 0.164 e. The van der Waals surface area contributed by atoms with Gasteiger partial charge in [0.25, 0.3) is 0 Å². The molecule has 1 aliphatic carbocycles. The number of rotatable bonds is 8. The second-order valence-corrected chi connectivity index (χ2v) is 17.8. The minimum absolute atomic E-state index is 0.564. The predicted octanol–water partition coefficient (Wildman–Crippen LogP) is 17.0. The highest BCUT2D eigenvalue weighted by Gasteiger charge is 2.23. The molecule has 11 aromatic carbocycles. The van der Waals surface area contributed by atoms with E-state index >= 15 is 0 Å². The first-order chi connectivity index (χ1) is 34.6. The fraction of sp³-hybridized carbons (Fsp3) is 0. The van der Waals surface area contributed by atoms with Crippen LogP contribution in [-0.2, 0) is 0 Å². The molecule has 0 radical (unpaired) electrons. The van der Waals surface area contributed by atoms with Crippen LogP contribution in [0.5, 0.6) is 0 Å². The molecule has 0 bridgehead atoms. The van der Waals surface area contributed by atoms with E-state index in [9.17, 15) is 5.26 Å². The topological polar surface area (TPSA) is 62.5 Å². The van der Waals surface area contributed by atoms with Gasteiger partial charge in [-0.3, -0.25) is 0 Å². The standard InChI is InChI=1S/C66H40N4/c67-41-51-39-46(33-34-55(51)56-25-8-6-23-52(56)47-20-13-21-48(40-47)54-35-36-61-58-27-10-9-26-57(58)60-30-14-29-59(54)63(60)61)45-19-12-22-50(38-45)65-68-64(43-16-2-1-3-17-43)69-66(70-65)62-28-11-7-24-53(62)49-32-31-42-15-4-5-18-44(42)37-49/h1-40H. The highest BCUT2D eigenvalue weighted by atomic mass is 15.0. The second-order valence-electron chi connectivity index (χ2n) is 17.8. The number of nitrogens with zero attached hydrogens (tertiary/aromatic N) is 4. The van der Waals surface area contributed by atoms with E-state index in [2.05, 4.69) is 194 Å². The summed E-state index contributed by atoms with van der Waals surface area (Å²) in [5.74, 6) is 1.75. The van der Waals surface area contributed by atoms with Crippen molar-refractivity contribution < 1.29 is 0 Å². The van der Waals surface area contributed by atoms with Crippen molar-refractivity contribution in [2.24, 2.45) is 0 Å². The summed E-state index contributed by atoms with van der Waals surface area (Å²) in [7, 11) is 0. The maximum atomic E-state index is 10.8. The van der Waals surface area contributed by atoms with Crippen LogP contribution in [0.3, 0.4) is 0 Å². The molecule has 1 aromatic heterocycles. The van der Waals surface area contributed by atoms with Crippen LogP contribution in [0.4, 0.5) is 0 Å². The largest absolute Gasteiger partial charge is 0.208 e. The van der Waals surface area contributed by atoms with Crippen LogP contribution in [0.25, 0.3) is 134 Å². The van der Waals surface area contributed by atoms with Crippen LogP contribution in [0.1, 0.15) is 5.56 Å². The number of hydrogen-bond acceptors (Lipinski definition) is 4. The van der Waals surface area contributed by atoms with E-state index in [0.29, 0.717) is 23.0 Å². The lowest BCUT2D eigenvalue weighted by atomic mass is 9.88. The van der Waals surface area contributed by atoms with Crippen LogP contribution in [0.15, 0.2) is 243 Å². The lowest BCUT2D eigenvalue weighted by molar-refractivity contribution is 1.07. The van der Waals surface area contributed by atoms with Crippen LogP contribution in [-0.4, -0.2) is 15.0 Å². The van der Waals surface area contributed by atoms with Crippen molar-refractivity contribution in [2.75, 3.05) is 0 Å². The van der Waals surface area contributed by atoms with Crippen molar-refractivity contribution in [3.05, 3.63) is 248 Å². The van der Waals surface area contributed by atoms with Gasteiger partial charge in [0.2, 0.25) is 0 Å². The van der Waals surface area contributed by atoms with Gasteiger partial charge in [-0.2, -0.15) is 5.26 Å². The minimum atomic E-state index is 0.564. The molecule has 0 unspecified atom stereocenters. The third-order valence-electron chi connectivity index (χ3n) is 13.7. The zero-order valence-electron chi connectivity index (χ0n) is 37.9. The quantitative estimate of drug-likeness (QED) is 0.152. The number of fused-ring (bicyclic) bond motifs is 4. The summed E-state index contributed by atoms with van der Waals surface area (Å²) in [6.07, 6.45) is 0. The molecule has 0 fully saturated rings. The fourth-order valence-electron chi connectivity index (χ4n) is 10.4. The zero-order chi connectivity index (χ0) is 46.5. The molecular weight excluding hydrogens is 849 g/mol. The normalized spacial score (nSPS) is 11.4. The third-order valence-corrected chi connectivity index (χ3v) is 13.7. The summed E-state index contributed by atoms with van der Waals surface area (Å²) >= 11 is 0. The molecule has 0 N–H and O–H groups in total. The van der Waals surface area contributed by atoms with E-state index < -0.39 is 0 Å². The molecule has 0 amide bonds. The highest BCUT2D eigenvalue weighted by molar-refractivity contribution is 6.18. The Morgan fingerprint density at radius 2 is 0.714 bits per heavy atom. The smallest absolute Gasteiger partial charge is 0.164 e. The molecule has 70 heavy (non-hydrogen) atoms. The van der Waals surface area contributed by atoms with Gasteiger partial charge in [-0.25, -0.2) is 15.0 Å². The monoisotopic (exact) mass is 888 g/mol. The Bertz CT molecular complexity index is 4060. The second kappa shape index (κ2) is 16.9. The van der Waals surface area contributed by atoms with Gasteiger partial charge in [0, 0.05) is 22.3 Å². The van der Waals surface area contributed by atoms with Gasteiger partial charge in [0.1, 0.15) is 0 Å². The summed E-state index contributed by atoms with van der Waals surface area (Å²) in [5.41, 5.74) is 18.8. The Labute approximate surface area is 406 Å². The number of aromatic nitrogens is 3. The molecule has 0 aliphatic heterocycles. The lowest BCUT2D eigenvalue weighted by Gasteiger charge is -2.15. The van der Waals surface area contributed by atoms with E-state index in [4.69, 9.17) is 15.0 Å². The van der Waals surface area contributed by atoms with Gasteiger partial charge >= 0.3 is 0 Å². The van der Waals surface area contributed by atoms with E-state index in [-0.39, 0.29) is 0 Å². The fourth-order valence-corrected chi connectivity index (χ4v) is 10.4.